The van der Waals surface area contributed by atoms with Crippen molar-refractivity contribution in [2.45, 2.75) is 85.6 Å². The van der Waals surface area contributed by atoms with E-state index in [9.17, 15) is 4.79 Å². The summed E-state index contributed by atoms with van der Waals surface area (Å²) in [6, 6.07) is 20.0. The SMILES string of the molecule is C/C=C(\C)CSC.CC.CCC(C)Cl.O=C(CCCCc1nncn1-c1ccccc1)NCc1ccccc1. The van der Waals surface area contributed by atoms with Gasteiger partial charge in [0.05, 0.1) is 0 Å². The first kappa shape index (κ1) is 36.4. The summed E-state index contributed by atoms with van der Waals surface area (Å²) in [5.41, 5.74) is 3.64. The average Bonchev–Trinajstić information content (AvgIpc) is 3.45. The van der Waals surface area contributed by atoms with E-state index >= 15 is 0 Å². The maximum Gasteiger partial charge on any atom is 0.220 e. The van der Waals surface area contributed by atoms with Gasteiger partial charge in [-0.1, -0.05) is 81.0 Å². The Morgan fingerprint density at radius 1 is 1.08 bits per heavy atom. The summed E-state index contributed by atoms with van der Waals surface area (Å²) in [5.74, 6) is 2.19. The molecule has 3 aromatic rings. The number of benzene rings is 2. The van der Waals surface area contributed by atoms with Crippen LogP contribution >= 0.6 is 23.4 Å². The fourth-order valence-corrected chi connectivity index (χ4v) is 3.62. The van der Waals surface area contributed by atoms with Crippen molar-refractivity contribution in [2.75, 3.05) is 12.0 Å². The van der Waals surface area contributed by atoms with Gasteiger partial charge in [-0.15, -0.1) is 21.8 Å². The molecule has 216 valence electrons. The molecule has 1 aromatic heterocycles. The molecule has 0 saturated heterocycles. The highest BCUT2D eigenvalue weighted by Crippen LogP contribution is 2.11. The third-order valence-electron chi connectivity index (χ3n) is 5.47. The zero-order chi connectivity index (χ0) is 29.3. The Morgan fingerprint density at radius 3 is 2.18 bits per heavy atom. The number of carbonyl (C=O) groups is 1. The minimum absolute atomic E-state index is 0.0911. The molecule has 5 nitrogen and oxygen atoms in total. The Hall–Kier alpha value is -2.57. The van der Waals surface area contributed by atoms with Gasteiger partial charge < -0.3 is 5.32 Å². The third-order valence-corrected chi connectivity index (χ3v) is 6.52. The summed E-state index contributed by atoms with van der Waals surface area (Å²) in [6.07, 6.45) is 10.2. The number of hydrogen-bond acceptors (Lipinski definition) is 4. The van der Waals surface area contributed by atoms with Crippen molar-refractivity contribution in [1.82, 2.24) is 20.1 Å². The van der Waals surface area contributed by atoms with Crippen molar-refractivity contribution in [1.29, 1.82) is 0 Å². The van der Waals surface area contributed by atoms with Crippen molar-refractivity contribution >= 4 is 29.3 Å². The Morgan fingerprint density at radius 2 is 1.67 bits per heavy atom. The van der Waals surface area contributed by atoms with Crippen LogP contribution < -0.4 is 5.32 Å². The van der Waals surface area contributed by atoms with Gasteiger partial charge in [0.1, 0.15) is 12.2 Å². The normalized spacial score (nSPS) is 11.0. The first-order chi connectivity index (χ1) is 18.9. The molecular formula is C32H49ClN4OS. The highest BCUT2D eigenvalue weighted by atomic mass is 35.5. The molecular weight excluding hydrogens is 524 g/mol. The molecule has 0 bridgehead atoms. The molecule has 0 spiro atoms. The topological polar surface area (TPSA) is 59.8 Å². The monoisotopic (exact) mass is 572 g/mol. The second-order valence-corrected chi connectivity index (χ2v) is 10.3. The summed E-state index contributed by atoms with van der Waals surface area (Å²) in [5, 5.41) is 11.5. The number of aromatic nitrogens is 3. The van der Waals surface area contributed by atoms with Crippen LogP contribution in [0.25, 0.3) is 5.69 Å². The molecule has 1 heterocycles. The maximum atomic E-state index is 11.9. The maximum absolute atomic E-state index is 11.9. The van der Waals surface area contributed by atoms with Gasteiger partial charge in [0, 0.05) is 36.2 Å². The fraction of sp³-hybridized carbons (Fsp3) is 0.469. The van der Waals surface area contributed by atoms with E-state index in [0.717, 1.165) is 42.8 Å². The van der Waals surface area contributed by atoms with Crippen LogP contribution in [0.5, 0.6) is 0 Å². The average molecular weight is 573 g/mol. The van der Waals surface area contributed by atoms with Gasteiger partial charge >= 0.3 is 0 Å². The van der Waals surface area contributed by atoms with Crippen molar-refractivity contribution in [3.05, 3.63) is 90.0 Å². The van der Waals surface area contributed by atoms with Crippen LogP contribution in [0.15, 0.2) is 78.6 Å². The van der Waals surface area contributed by atoms with Crippen LogP contribution in [-0.2, 0) is 17.8 Å². The predicted molar refractivity (Wildman–Crippen MR) is 172 cm³/mol. The Kier molecular flexibility index (Phi) is 22.9. The molecule has 39 heavy (non-hydrogen) atoms. The molecule has 0 radical (unpaired) electrons. The lowest BCUT2D eigenvalue weighted by molar-refractivity contribution is -0.121. The minimum Gasteiger partial charge on any atom is -0.352 e. The fourth-order valence-electron chi connectivity index (χ4n) is 3.00. The van der Waals surface area contributed by atoms with Gasteiger partial charge in [-0.05, 0) is 64.0 Å². The van der Waals surface area contributed by atoms with E-state index in [-0.39, 0.29) is 5.91 Å². The molecule has 1 N–H and O–H groups in total. The summed E-state index contributed by atoms with van der Waals surface area (Å²) < 4.78 is 2.00. The highest BCUT2D eigenvalue weighted by Gasteiger charge is 2.07. The summed E-state index contributed by atoms with van der Waals surface area (Å²) >= 11 is 7.33. The number of carbonyl (C=O) groups excluding carboxylic acids is 1. The molecule has 0 aliphatic carbocycles. The van der Waals surface area contributed by atoms with E-state index in [0.29, 0.717) is 18.3 Å². The molecule has 0 aliphatic heterocycles. The number of aryl methyl sites for hydroxylation is 1. The van der Waals surface area contributed by atoms with E-state index in [4.69, 9.17) is 11.6 Å². The molecule has 0 fully saturated rings. The lowest BCUT2D eigenvalue weighted by Crippen LogP contribution is -2.22. The smallest absolute Gasteiger partial charge is 0.220 e. The molecule has 2 aromatic carbocycles. The summed E-state index contributed by atoms with van der Waals surface area (Å²) in [7, 11) is 0. The number of allylic oxidation sites excluding steroid dienone is 1. The van der Waals surface area contributed by atoms with Crippen molar-refractivity contribution in [3.8, 4) is 5.69 Å². The molecule has 1 atom stereocenters. The Bertz CT molecular complexity index is 1010. The standard InChI is InChI=1S/C20H22N4O.C6H12S.C4H9Cl.C2H6/c25-20(21-15-17-9-3-1-4-10-17)14-8-7-13-19-23-22-16-24(19)18-11-5-2-6-12-18;1-4-6(2)5-7-3;1-3-4(2)5;1-2/h1-6,9-12,16H,7-8,13-15H2,(H,21,25);4H,5H2,1-3H3;4H,3H2,1-2H3;1-2H3/b;6-4+;;. The first-order valence-corrected chi connectivity index (χ1v) is 15.7. The van der Waals surface area contributed by atoms with Crippen LogP contribution in [0.1, 0.15) is 78.6 Å². The van der Waals surface area contributed by atoms with Gasteiger partial charge in [-0.2, -0.15) is 11.8 Å². The van der Waals surface area contributed by atoms with E-state index in [1.165, 1.54) is 11.3 Å². The molecule has 1 unspecified atom stereocenters. The molecule has 0 aliphatic rings. The number of thioether (sulfide) groups is 1. The number of alkyl halides is 1. The van der Waals surface area contributed by atoms with E-state index in [1.807, 2.05) is 97.8 Å². The van der Waals surface area contributed by atoms with E-state index < -0.39 is 0 Å². The third kappa shape index (κ3) is 18.4. The predicted octanol–water partition coefficient (Wildman–Crippen LogP) is 8.66. The lowest BCUT2D eigenvalue weighted by atomic mass is 10.1. The van der Waals surface area contributed by atoms with Crippen LogP contribution in [0.2, 0.25) is 0 Å². The van der Waals surface area contributed by atoms with Gasteiger partial charge in [0.2, 0.25) is 5.91 Å². The van der Waals surface area contributed by atoms with Gasteiger partial charge in [-0.25, -0.2) is 0 Å². The van der Waals surface area contributed by atoms with E-state index in [2.05, 4.69) is 48.6 Å². The molecule has 0 saturated carbocycles. The van der Waals surface area contributed by atoms with Gasteiger partial charge in [0.15, 0.2) is 0 Å². The van der Waals surface area contributed by atoms with Crippen molar-refractivity contribution in [3.63, 3.8) is 0 Å². The highest BCUT2D eigenvalue weighted by molar-refractivity contribution is 7.98. The van der Waals surface area contributed by atoms with Crippen LogP contribution in [-0.4, -0.2) is 38.1 Å². The number of rotatable bonds is 11. The zero-order valence-electron chi connectivity index (χ0n) is 25.0. The second kappa shape index (κ2) is 24.5. The van der Waals surface area contributed by atoms with Crippen LogP contribution in [0.4, 0.5) is 0 Å². The van der Waals surface area contributed by atoms with E-state index in [1.54, 1.807) is 6.33 Å². The Balaban J connectivity index is 0.000000859. The lowest BCUT2D eigenvalue weighted by Gasteiger charge is -2.07. The zero-order valence-corrected chi connectivity index (χ0v) is 26.6. The Labute approximate surface area is 246 Å². The second-order valence-electron chi connectivity index (χ2n) is 8.68. The minimum atomic E-state index is 0.0911. The number of unbranched alkanes of at least 4 members (excludes halogenated alkanes) is 1. The summed E-state index contributed by atoms with van der Waals surface area (Å²) in [6.45, 7) is 12.9. The number of nitrogens with zero attached hydrogens (tertiary/aromatic N) is 3. The first-order valence-electron chi connectivity index (χ1n) is 13.9. The quantitative estimate of drug-likeness (QED) is 0.142. The van der Waals surface area contributed by atoms with Crippen LogP contribution in [0.3, 0.4) is 0 Å². The van der Waals surface area contributed by atoms with Crippen molar-refractivity contribution in [2.24, 2.45) is 0 Å². The van der Waals surface area contributed by atoms with Gasteiger partial charge in [-0.3, -0.25) is 9.36 Å². The number of nitrogens with one attached hydrogen (secondary N) is 1. The number of hydrogen-bond donors (Lipinski definition) is 1. The molecule has 3 rings (SSSR count). The number of halogens is 1. The molecule has 1 amide bonds. The summed E-state index contributed by atoms with van der Waals surface area (Å²) in [4.78, 5) is 11.9. The number of amides is 1. The molecule has 7 heteroatoms. The number of para-hydroxylation sites is 1. The van der Waals surface area contributed by atoms with Crippen molar-refractivity contribution < 1.29 is 4.79 Å². The van der Waals surface area contributed by atoms with Crippen LogP contribution in [0, 0.1) is 0 Å². The van der Waals surface area contributed by atoms with Gasteiger partial charge in [0.25, 0.3) is 0 Å². The largest absolute Gasteiger partial charge is 0.352 e.